The van der Waals surface area contributed by atoms with Crippen molar-refractivity contribution in [3.05, 3.63) is 114 Å². The van der Waals surface area contributed by atoms with Gasteiger partial charge in [0.05, 0.1) is 34.8 Å². The van der Waals surface area contributed by atoms with Gasteiger partial charge >= 0.3 is 5.97 Å². The van der Waals surface area contributed by atoms with Crippen LogP contribution in [0, 0.1) is 11.8 Å². The van der Waals surface area contributed by atoms with Gasteiger partial charge < -0.3 is 29.5 Å². The lowest BCUT2D eigenvalue weighted by atomic mass is 9.74. The molecule has 3 aliphatic rings. The molecule has 0 aromatic heterocycles. The first-order chi connectivity index (χ1) is 29.7. The molecule has 62 heavy (non-hydrogen) atoms. The van der Waals surface area contributed by atoms with Crippen LogP contribution < -0.4 is 19.7 Å². The van der Waals surface area contributed by atoms with Crippen molar-refractivity contribution >= 4 is 31.7 Å². The summed E-state index contributed by atoms with van der Waals surface area (Å²) >= 11 is 0. The third-order valence-corrected chi connectivity index (χ3v) is 15.9. The van der Waals surface area contributed by atoms with Gasteiger partial charge in [-0.05, 0) is 78.8 Å². The molecule has 2 N–H and O–H groups in total. The summed E-state index contributed by atoms with van der Waals surface area (Å²) in [6.45, 7) is 12.7. The molecule has 3 saturated heterocycles. The normalized spacial score (nSPS) is 21.7. The van der Waals surface area contributed by atoms with Gasteiger partial charge in [0.25, 0.3) is 0 Å². The number of aliphatic carboxylic acids is 1. The first kappa shape index (κ1) is 45.3. The predicted molar refractivity (Wildman–Crippen MR) is 240 cm³/mol. The summed E-state index contributed by atoms with van der Waals surface area (Å²) in [4.78, 5) is 13.9. The quantitative estimate of drug-likeness (QED) is 0.121. The molecule has 0 saturated carbocycles. The van der Waals surface area contributed by atoms with Crippen molar-refractivity contribution in [2.45, 2.75) is 61.5 Å². The zero-order valence-electron chi connectivity index (χ0n) is 35.9. The third kappa shape index (κ3) is 9.88. The second-order valence-corrected chi connectivity index (χ2v) is 20.6. The van der Waals surface area contributed by atoms with Crippen LogP contribution in [0.2, 0.25) is 0 Å². The number of benzene rings is 4. The highest BCUT2D eigenvalue weighted by Crippen LogP contribution is 2.50. The smallest absolute Gasteiger partial charge is 0.341 e. The molecule has 0 amide bonds. The van der Waals surface area contributed by atoms with E-state index in [0.717, 1.165) is 41.8 Å². The van der Waals surface area contributed by atoms with Crippen LogP contribution >= 0.6 is 0 Å². The molecular weight excluding hydrogens is 829 g/mol. The standard InChI is InChI=1S/C47H58N4O9S2/c1-32(2)27-45-40(36-13-11-35(12-14-36)34-9-7-6-8-10-34)30-39(33(3)4)47(60-45)41-28-37(15-17-43(41)59-31-46(52)53)61(54,55)50-23-25-51(26-24-50)62(56,57)38-16-18-44(58-5)42(29-38)49-21-19-48-20-22-49/h6-18,28-29,32,39-40,45,47-48H,3,19-27,30-31H2,1-2,4-5H3,(H,52,53)/t39-,40-,45+,47+/m0/s1. The summed E-state index contributed by atoms with van der Waals surface area (Å²) in [5.41, 5.74) is 5.33. The summed E-state index contributed by atoms with van der Waals surface area (Å²) in [5, 5.41) is 12.9. The molecule has 3 fully saturated rings. The maximum atomic E-state index is 14.4. The Labute approximate surface area is 366 Å². The van der Waals surface area contributed by atoms with Gasteiger partial charge in [0.2, 0.25) is 20.0 Å². The fraction of sp³-hybridized carbons (Fsp3) is 0.426. The molecule has 3 aliphatic heterocycles. The zero-order valence-corrected chi connectivity index (χ0v) is 37.5. The van der Waals surface area contributed by atoms with Gasteiger partial charge in [0.1, 0.15) is 11.5 Å². The molecule has 3 heterocycles. The lowest BCUT2D eigenvalue weighted by Crippen LogP contribution is -2.50. The maximum absolute atomic E-state index is 14.4. The Hall–Kier alpha value is -4.77. The molecule has 0 aliphatic carbocycles. The lowest BCUT2D eigenvalue weighted by molar-refractivity contribution is -0.139. The summed E-state index contributed by atoms with van der Waals surface area (Å²) < 4.78 is 78.0. The highest BCUT2D eigenvalue weighted by Gasteiger charge is 2.42. The molecule has 0 radical (unpaired) electrons. The van der Waals surface area contributed by atoms with Gasteiger partial charge in [0, 0.05) is 69.8 Å². The molecular formula is C47H58N4O9S2. The highest BCUT2D eigenvalue weighted by molar-refractivity contribution is 7.89. The molecule has 7 rings (SSSR count). The van der Waals surface area contributed by atoms with Gasteiger partial charge in [-0.3, -0.25) is 0 Å². The maximum Gasteiger partial charge on any atom is 0.341 e. The first-order valence-electron chi connectivity index (χ1n) is 21.3. The number of piperazine rings is 2. The summed E-state index contributed by atoms with van der Waals surface area (Å²) in [6.07, 6.45) is 0.458. The van der Waals surface area contributed by atoms with Crippen LogP contribution in [-0.2, 0) is 29.6 Å². The molecule has 4 atom stereocenters. The number of hydrogen-bond acceptors (Lipinski definition) is 10. The molecule has 0 unspecified atom stereocenters. The van der Waals surface area contributed by atoms with Crippen molar-refractivity contribution in [1.29, 1.82) is 0 Å². The van der Waals surface area contributed by atoms with Crippen molar-refractivity contribution in [3.8, 4) is 22.6 Å². The molecule has 4 aromatic carbocycles. The number of nitrogens with one attached hydrogen (secondary N) is 1. The van der Waals surface area contributed by atoms with E-state index in [0.29, 0.717) is 36.5 Å². The van der Waals surface area contributed by atoms with E-state index in [9.17, 15) is 26.7 Å². The fourth-order valence-corrected chi connectivity index (χ4v) is 11.8. The zero-order chi connectivity index (χ0) is 44.2. The number of nitrogens with zero attached hydrogens (tertiary/aromatic N) is 3. The van der Waals surface area contributed by atoms with E-state index in [1.165, 1.54) is 32.9 Å². The van der Waals surface area contributed by atoms with Crippen molar-refractivity contribution in [1.82, 2.24) is 13.9 Å². The Kier molecular flexibility index (Phi) is 14.1. The van der Waals surface area contributed by atoms with Crippen molar-refractivity contribution < 1.29 is 40.9 Å². The number of anilines is 1. The van der Waals surface area contributed by atoms with Gasteiger partial charge in [0.15, 0.2) is 6.61 Å². The molecule has 0 spiro atoms. The Morgan fingerprint density at radius 1 is 0.823 bits per heavy atom. The highest BCUT2D eigenvalue weighted by atomic mass is 32.2. The minimum Gasteiger partial charge on any atom is -0.495 e. The number of hydrogen-bond donors (Lipinski definition) is 2. The fourth-order valence-electron chi connectivity index (χ4n) is 8.88. The summed E-state index contributed by atoms with van der Waals surface area (Å²) in [7, 11) is -6.56. The Balaban J connectivity index is 1.15. The molecule has 0 bridgehead atoms. The van der Waals surface area contributed by atoms with Crippen LogP contribution in [0.3, 0.4) is 0 Å². The molecule has 332 valence electrons. The number of ether oxygens (including phenoxy) is 3. The van der Waals surface area contributed by atoms with E-state index >= 15 is 0 Å². The van der Waals surface area contributed by atoms with Crippen molar-refractivity contribution in [3.63, 3.8) is 0 Å². The van der Waals surface area contributed by atoms with Crippen LogP contribution in [0.4, 0.5) is 5.69 Å². The van der Waals surface area contributed by atoms with E-state index in [1.807, 2.05) is 25.1 Å². The van der Waals surface area contributed by atoms with Crippen LogP contribution in [-0.4, -0.2) is 109 Å². The van der Waals surface area contributed by atoms with Crippen LogP contribution in [0.1, 0.15) is 56.8 Å². The van der Waals surface area contributed by atoms with Crippen LogP contribution in [0.25, 0.3) is 11.1 Å². The minimum absolute atomic E-state index is 0.00891. The second kappa shape index (κ2) is 19.3. The average Bonchev–Trinajstić information content (AvgIpc) is 3.28. The van der Waals surface area contributed by atoms with Gasteiger partial charge in [-0.25, -0.2) is 21.6 Å². The summed E-state index contributed by atoms with van der Waals surface area (Å²) in [6, 6.07) is 28.0. The summed E-state index contributed by atoms with van der Waals surface area (Å²) in [5.74, 6) is -0.349. The largest absolute Gasteiger partial charge is 0.495 e. The van der Waals surface area contributed by atoms with Crippen LogP contribution in [0.15, 0.2) is 113 Å². The third-order valence-electron chi connectivity index (χ3n) is 12.1. The van der Waals surface area contributed by atoms with Crippen LogP contribution in [0.5, 0.6) is 11.5 Å². The van der Waals surface area contributed by atoms with E-state index in [1.54, 1.807) is 19.2 Å². The second-order valence-electron chi connectivity index (χ2n) is 16.8. The van der Waals surface area contributed by atoms with E-state index < -0.39 is 38.7 Å². The Morgan fingerprint density at radius 2 is 1.40 bits per heavy atom. The SMILES string of the molecule is C=C(C)[C@@H]1C[C@@H](c2ccc(-c3ccccc3)cc2)[C@@H](CC(C)C)O[C@H]1c1cc(S(=O)(=O)N2CCN(S(=O)(=O)c3ccc(OC)c(N4CCNCC4)c3)CC2)ccc1OCC(=O)O. The molecule has 13 nitrogen and oxygen atoms in total. The van der Waals surface area contributed by atoms with Gasteiger partial charge in [-0.15, -0.1) is 0 Å². The van der Waals surface area contributed by atoms with E-state index in [2.05, 4.69) is 67.0 Å². The number of carboxylic acid groups (broad SMARTS) is 1. The molecule has 15 heteroatoms. The Bertz CT molecular complexity index is 2430. The number of methoxy groups -OCH3 is 1. The Morgan fingerprint density at radius 3 is 1.97 bits per heavy atom. The first-order valence-corrected chi connectivity index (χ1v) is 24.1. The monoisotopic (exact) mass is 886 g/mol. The predicted octanol–water partition coefficient (Wildman–Crippen LogP) is 6.78. The van der Waals surface area contributed by atoms with E-state index in [-0.39, 0.29) is 65.6 Å². The minimum atomic E-state index is -4.15. The van der Waals surface area contributed by atoms with Gasteiger partial charge in [-0.1, -0.05) is 80.6 Å². The number of sulfonamides is 2. The van der Waals surface area contributed by atoms with Crippen molar-refractivity contribution in [2.75, 3.05) is 71.0 Å². The van der Waals surface area contributed by atoms with E-state index in [4.69, 9.17) is 14.2 Å². The number of carbonyl (C=O) groups is 1. The topological polar surface area (TPSA) is 155 Å². The molecule has 4 aromatic rings. The lowest BCUT2D eigenvalue weighted by Gasteiger charge is -2.44. The van der Waals surface area contributed by atoms with Gasteiger partial charge in [-0.2, -0.15) is 8.61 Å². The number of rotatable bonds is 15. The number of carboxylic acids is 1. The average molecular weight is 887 g/mol. The van der Waals surface area contributed by atoms with Crippen molar-refractivity contribution in [2.24, 2.45) is 11.8 Å².